The zero-order valence-corrected chi connectivity index (χ0v) is 21.0. The molecule has 0 unspecified atom stereocenters. The van der Waals surface area contributed by atoms with Gasteiger partial charge in [-0.05, 0) is 74.2 Å². The van der Waals surface area contributed by atoms with Gasteiger partial charge in [-0.2, -0.15) is 0 Å². The number of ether oxygens (including phenoxy) is 2. The second-order valence-electron chi connectivity index (χ2n) is 8.56. The number of rotatable bonds is 9. The van der Waals surface area contributed by atoms with Crippen molar-refractivity contribution in [3.8, 4) is 22.6 Å². The van der Waals surface area contributed by atoms with Crippen LogP contribution in [0.4, 0.5) is 4.39 Å². The summed E-state index contributed by atoms with van der Waals surface area (Å²) in [6.07, 6.45) is 3.95. The number of hydrogen-bond donors (Lipinski definition) is 1. The van der Waals surface area contributed by atoms with Crippen LogP contribution < -0.4 is 14.8 Å². The van der Waals surface area contributed by atoms with Crippen molar-refractivity contribution in [2.24, 2.45) is 0 Å². The molecule has 0 aliphatic heterocycles. The van der Waals surface area contributed by atoms with Crippen LogP contribution in [0.25, 0.3) is 27.7 Å². The molecule has 1 aromatic heterocycles. The van der Waals surface area contributed by atoms with Gasteiger partial charge >= 0.3 is 0 Å². The standard InChI is InChI=1S/C30H30FNO4/c1-5-35-29-20(3)30-26(27(18-36-30)22-8-12-24(34-4)13-9-22)17-25(29)19(2)16-28(33)32-15-14-21-6-10-23(31)11-7-21/h6-13,16-18H,5,14-15H2,1-4H3,(H,32,33)/b19-16+. The van der Waals surface area contributed by atoms with Crippen molar-refractivity contribution in [1.82, 2.24) is 5.32 Å². The number of fused-ring (bicyclic) bond motifs is 1. The fourth-order valence-corrected chi connectivity index (χ4v) is 4.24. The summed E-state index contributed by atoms with van der Waals surface area (Å²) in [5, 5.41) is 3.86. The molecule has 0 saturated carbocycles. The fraction of sp³-hybridized carbons (Fsp3) is 0.233. The van der Waals surface area contributed by atoms with Gasteiger partial charge in [0.05, 0.1) is 20.0 Å². The van der Waals surface area contributed by atoms with E-state index in [9.17, 15) is 9.18 Å². The first-order chi connectivity index (χ1) is 17.4. The fourth-order valence-electron chi connectivity index (χ4n) is 4.24. The molecule has 1 heterocycles. The Morgan fingerprint density at radius 3 is 2.50 bits per heavy atom. The molecule has 4 rings (SSSR count). The average Bonchev–Trinajstić information content (AvgIpc) is 3.31. The summed E-state index contributed by atoms with van der Waals surface area (Å²) in [5.41, 5.74) is 6.18. The molecular formula is C30H30FNO4. The van der Waals surface area contributed by atoms with Crippen molar-refractivity contribution < 1.29 is 23.1 Å². The van der Waals surface area contributed by atoms with E-state index in [0.29, 0.717) is 25.3 Å². The van der Waals surface area contributed by atoms with Crippen molar-refractivity contribution in [3.05, 3.63) is 89.4 Å². The highest BCUT2D eigenvalue weighted by molar-refractivity contribution is 6.01. The molecule has 0 radical (unpaired) electrons. The van der Waals surface area contributed by atoms with E-state index in [1.54, 1.807) is 31.6 Å². The zero-order valence-electron chi connectivity index (χ0n) is 21.0. The molecule has 0 aliphatic carbocycles. The van der Waals surface area contributed by atoms with Crippen LogP contribution in [0.15, 0.2) is 71.4 Å². The number of amides is 1. The van der Waals surface area contributed by atoms with E-state index in [1.807, 2.05) is 51.1 Å². The maximum absolute atomic E-state index is 13.1. The van der Waals surface area contributed by atoms with Gasteiger partial charge in [0.15, 0.2) is 0 Å². The molecule has 0 spiro atoms. The van der Waals surface area contributed by atoms with Crippen LogP contribution in [0.5, 0.6) is 11.5 Å². The summed E-state index contributed by atoms with van der Waals surface area (Å²) in [6.45, 7) is 6.74. The number of methoxy groups -OCH3 is 1. The van der Waals surface area contributed by atoms with Gasteiger partial charge in [0, 0.05) is 34.7 Å². The van der Waals surface area contributed by atoms with Crippen LogP contribution in [0.2, 0.25) is 0 Å². The average molecular weight is 488 g/mol. The van der Waals surface area contributed by atoms with E-state index in [2.05, 4.69) is 5.32 Å². The Balaban J connectivity index is 1.62. The summed E-state index contributed by atoms with van der Waals surface area (Å²) in [7, 11) is 1.64. The Kier molecular flexibility index (Phi) is 7.74. The lowest BCUT2D eigenvalue weighted by Gasteiger charge is -2.15. The van der Waals surface area contributed by atoms with Gasteiger partial charge in [0.1, 0.15) is 22.9 Å². The Hall–Kier alpha value is -4.06. The molecule has 3 aromatic carbocycles. The third-order valence-electron chi connectivity index (χ3n) is 6.13. The van der Waals surface area contributed by atoms with Crippen LogP contribution in [0, 0.1) is 12.7 Å². The smallest absolute Gasteiger partial charge is 0.244 e. The summed E-state index contributed by atoms with van der Waals surface area (Å²) < 4.78 is 30.3. The molecule has 1 N–H and O–H groups in total. The SMILES string of the molecule is CCOc1c(/C(C)=C/C(=O)NCCc2ccc(F)cc2)cc2c(-c3ccc(OC)cc3)coc2c1C. The normalized spacial score (nSPS) is 11.5. The van der Waals surface area contributed by atoms with E-state index < -0.39 is 0 Å². The number of carbonyl (C=O) groups is 1. The van der Waals surface area contributed by atoms with Crippen molar-refractivity contribution in [3.63, 3.8) is 0 Å². The van der Waals surface area contributed by atoms with Crippen molar-refractivity contribution in [2.45, 2.75) is 27.2 Å². The van der Waals surface area contributed by atoms with Crippen molar-refractivity contribution in [2.75, 3.05) is 20.3 Å². The predicted octanol–water partition coefficient (Wildman–Crippen LogP) is 6.72. The number of halogens is 1. The number of hydrogen-bond acceptors (Lipinski definition) is 4. The number of carbonyl (C=O) groups excluding carboxylic acids is 1. The lowest BCUT2D eigenvalue weighted by Crippen LogP contribution is -2.23. The molecule has 0 saturated heterocycles. The van der Waals surface area contributed by atoms with E-state index in [1.165, 1.54) is 12.1 Å². The number of allylic oxidation sites excluding steroid dienone is 1. The number of furan rings is 1. The minimum Gasteiger partial charge on any atom is -0.497 e. The lowest BCUT2D eigenvalue weighted by atomic mass is 9.96. The van der Waals surface area contributed by atoms with Gasteiger partial charge in [-0.1, -0.05) is 24.3 Å². The predicted molar refractivity (Wildman–Crippen MR) is 141 cm³/mol. The van der Waals surface area contributed by atoms with Gasteiger partial charge in [-0.25, -0.2) is 4.39 Å². The summed E-state index contributed by atoms with van der Waals surface area (Å²) in [4.78, 5) is 12.7. The number of benzene rings is 3. The largest absolute Gasteiger partial charge is 0.497 e. The Morgan fingerprint density at radius 1 is 1.11 bits per heavy atom. The maximum atomic E-state index is 13.1. The molecule has 36 heavy (non-hydrogen) atoms. The van der Waals surface area contributed by atoms with E-state index in [0.717, 1.165) is 50.1 Å². The topological polar surface area (TPSA) is 60.7 Å². The highest BCUT2D eigenvalue weighted by Crippen LogP contribution is 2.41. The van der Waals surface area contributed by atoms with Gasteiger partial charge in [-0.3, -0.25) is 4.79 Å². The quantitative estimate of drug-likeness (QED) is 0.266. The lowest BCUT2D eigenvalue weighted by molar-refractivity contribution is -0.116. The minimum absolute atomic E-state index is 0.197. The third-order valence-corrected chi connectivity index (χ3v) is 6.13. The molecule has 0 atom stereocenters. The Morgan fingerprint density at radius 2 is 1.83 bits per heavy atom. The van der Waals surface area contributed by atoms with Crippen LogP contribution >= 0.6 is 0 Å². The molecule has 0 bridgehead atoms. The van der Waals surface area contributed by atoms with Crippen molar-refractivity contribution >= 4 is 22.4 Å². The Labute approximate surface area is 210 Å². The summed E-state index contributed by atoms with van der Waals surface area (Å²) in [5.74, 6) is 1.02. The first-order valence-corrected chi connectivity index (χ1v) is 11.9. The van der Waals surface area contributed by atoms with Gasteiger partial charge in [-0.15, -0.1) is 0 Å². The molecule has 6 heteroatoms. The number of aryl methyl sites for hydroxylation is 1. The maximum Gasteiger partial charge on any atom is 0.244 e. The van der Waals surface area contributed by atoms with Crippen LogP contribution in [-0.4, -0.2) is 26.2 Å². The van der Waals surface area contributed by atoms with E-state index in [4.69, 9.17) is 13.9 Å². The first kappa shape index (κ1) is 25.0. The highest BCUT2D eigenvalue weighted by Gasteiger charge is 2.19. The molecular weight excluding hydrogens is 457 g/mol. The molecule has 5 nitrogen and oxygen atoms in total. The Bertz CT molecular complexity index is 1390. The first-order valence-electron chi connectivity index (χ1n) is 11.9. The van der Waals surface area contributed by atoms with E-state index >= 15 is 0 Å². The molecule has 0 aliphatic rings. The number of nitrogens with one attached hydrogen (secondary N) is 1. The van der Waals surface area contributed by atoms with Gasteiger partial charge < -0.3 is 19.2 Å². The van der Waals surface area contributed by atoms with Crippen LogP contribution in [-0.2, 0) is 11.2 Å². The molecule has 1 amide bonds. The van der Waals surface area contributed by atoms with Crippen LogP contribution in [0.1, 0.15) is 30.5 Å². The van der Waals surface area contributed by atoms with Gasteiger partial charge in [0.2, 0.25) is 5.91 Å². The van der Waals surface area contributed by atoms with Crippen LogP contribution in [0.3, 0.4) is 0 Å². The zero-order chi connectivity index (χ0) is 25.7. The van der Waals surface area contributed by atoms with Crippen molar-refractivity contribution in [1.29, 1.82) is 0 Å². The monoisotopic (exact) mass is 487 g/mol. The summed E-state index contributed by atoms with van der Waals surface area (Å²) in [6, 6.07) is 16.1. The van der Waals surface area contributed by atoms with E-state index in [-0.39, 0.29) is 11.7 Å². The minimum atomic E-state index is -0.272. The third kappa shape index (κ3) is 5.43. The molecule has 4 aromatic rings. The second-order valence-corrected chi connectivity index (χ2v) is 8.56. The highest BCUT2D eigenvalue weighted by atomic mass is 19.1. The molecule has 186 valence electrons. The second kappa shape index (κ2) is 11.1. The summed E-state index contributed by atoms with van der Waals surface area (Å²) >= 11 is 0. The van der Waals surface area contributed by atoms with Gasteiger partial charge in [0.25, 0.3) is 0 Å². The molecule has 0 fully saturated rings.